The maximum absolute atomic E-state index is 12.2. The highest BCUT2D eigenvalue weighted by atomic mass is 35.5. The van der Waals surface area contributed by atoms with Crippen LogP contribution in [0, 0.1) is 0 Å². The van der Waals surface area contributed by atoms with E-state index < -0.39 is 30.5 Å². The Morgan fingerprint density at radius 2 is 2.00 bits per heavy atom. The topological polar surface area (TPSA) is 75.4 Å². The summed E-state index contributed by atoms with van der Waals surface area (Å²) in [5.74, 6) is -1.57. The van der Waals surface area contributed by atoms with Crippen LogP contribution in [-0.4, -0.2) is 28.9 Å². The Kier molecular flexibility index (Phi) is 4.96. The van der Waals surface area contributed by atoms with Crippen molar-refractivity contribution in [3.05, 3.63) is 40.6 Å². The second kappa shape index (κ2) is 6.59. The van der Waals surface area contributed by atoms with E-state index in [-0.39, 0.29) is 11.3 Å². The number of amides is 1. The molecule has 5 nitrogen and oxygen atoms in total. The van der Waals surface area contributed by atoms with E-state index in [0.717, 1.165) is 0 Å². The highest BCUT2D eigenvalue weighted by Gasteiger charge is 2.31. The first kappa shape index (κ1) is 17.3. The number of aliphatic hydroxyl groups is 1. The Labute approximate surface area is 134 Å². The Bertz CT molecular complexity index is 696. The third-order valence-electron chi connectivity index (χ3n) is 2.92. The number of carbonyl (C=O) groups excluding carboxylic acids is 1. The van der Waals surface area contributed by atoms with E-state index in [1.54, 1.807) is 29.6 Å². The quantitative estimate of drug-likeness (QED) is 0.888. The number of nitrogens with zero attached hydrogens (tertiary/aromatic N) is 1. The summed E-state index contributed by atoms with van der Waals surface area (Å²) in [4.78, 5) is 11.8. The zero-order valence-corrected chi connectivity index (χ0v) is 12.6. The molecule has 0 unspecified atom stereocenters. The van der Waals surface area contributed by atoms with Gasteiger partial charge in [-0.1, -0.05) is 28.9 Å². The zero-order valence-electron chi connectivity index (χ0n) is 11.8. The Balaban J connectivity index is 2.35. The number of alkyl halides is 3. The number of hydrogen-bond acceptors (Lipinski definition) is 4. The molecule has 124 valence electrons. The van der Waals surface area contributed by atoms with E-state index in [1.165, 1.54) is 6.92 Å². The normalized spacial score (nSPS) is 13.0. The maximum atomic E-state index is 12.2. The van der Waals surface area contributed by atoms with Gasteiger partial charge in [0.25, 0.3) is 5.91 Å². The number of halogens is 4. The standard InChI is InChI=1S/C14H12ClF3N2O3/c1-7(21)10-11(8-2-4-9(15)5-3-8)20-23-12(10)13(22)19-6-14(16,17)18/h2-5,7,21H,6H2,1H3,(H,19,22)/t7-/m0/s1. The van der Waals surface area contributed by atoms with Crippen molar-refractivity contribution < 1.29 is 27.6 Å². The van der Waals surface area contributed by atoms with Gasteiger partial charge < -0.3 is 14.9 Å². The van der Waals surface area contributed by atoms with Crippen molar-refractivity contribution in [1.29, 1.82) is 0 Å². The Morgan fingerprint density at radius 3 is 2.52 bits per heavy atom. The van der Waals surface area contributed by atoms with Crippen LogP contribution >= 0.6 is 11.6 Å². The van der Waals surface area contributed by atoms with Gasteiger partial charge in [0.05, 0.1) is 11.7 Å². The average molecular weight is 349 g/mol. The van der Waals surface area contributed by atoms with Crippen LogP contribution in [0.3, 0.4) is 0 Å². The van der Waals surface area contributed by atoms with E-state index in [2.05, 4.69) is 5.16 Å². The molecule has 9 heteroatoms. The number of aliphatic hydroxyl groups excluding tert-OH is 1. The fourth-order valence-electron chi connectivity index (χ4n) is 1.93. The van der Waals surface area contributed by atoms with E-state index in [4.69, 9.17) is 16.1 Å². The van der Waals surface area contributed by atoms with Crippen molar-refractivity contribution >= 4 is 17.5 Å². The van der Waals surface area contributed by atoms with Gasteiger partial charge in [0, 0.05) is 10.6 Å². The molecular formula is C14H12ClF3N2O3. The summed E-state index contributed by atoms with van der Waals surface area (Å²) in [6.07, 6.45) is -5.72. The fraction of sp³-hybridized carbons (Fsp3) is 0.286. The minimum atomic E-state index is -4.56. The molecule has 0 radical (unpaired) electrons. The molecule has 1 aromatic carbocycles. The van der Waals surface area contributed by atoms with Crippen LogP contribution in [0.4, 0.5) is 13.2 Å². The summed E-state index contributed by atoms with van der Waals surface area (Å²) in [6.45, 7) is -0.158. The number of carbonyl (C=O) groups is 1. The van der Waals surface area contributed by atoms with Gasteiger partial charge in [-0.3, -0.25) is 4.79 Å². The van der Waals surface area contributed by atoms with Crippen LogP contribution < -0.4 is 5.32 Å². The number of benzene rings is 1. The summed E-state index contributed by atoms with van der Waals surface area (Å²) in [5.41, 5.74) is 0.671. The number of aromatic nitrogens is 1. The molecule has 2 aromatic rings. The first-order valence-electron chi connectivity index (χ1n) is 6.47. The van der Waals surface area contributed by atoms with Crippen molar-refractivity contribution in [2.75, 3.05) is 6.54 Å². The van der Waals surface area contributed by atoms with Gasteiger partial charge in [0.2, 0.25) is 5.76 Å². The molecule has 1 amide bonds. The minimum absolute atomic E-state index is 0.00648. The molecule has 0 saturated carbocycles. The highest BCUT2D eigenvalue weighted by molar-refractivity contribution is 6.30. The molecule has 2 N–H and O–H groups in total. The van der Waals surface area contributed by atoms with Crippen LogP contribution in [0.5, 0.6) is 0 Å². The van der Waals surface area contributed by atoms with Crippen molar-refractivity contribution in [2.24, 2.45) is 0 Å². The molecule has 0 aliphatic carbocycles. The van der Waals surface area contributed by atoms with Crippen LogP contribution in [0.1, 0.15) is 29.1 Å². The predicted octanol–water partition coefficient (Wildman–Crippen LogP) is 3.34. The smallest absolute Gasteiger partial charge is 0.388 e. The molecule has 2 rings (SSSR count). The highest BCUT2D eigenvalue weighted by Crippen LogP contribution is 2.31. The summed E-state index contributed by atoms with van der Waals surface area (Å²) in [7, 11) is 0. The Morgan fingerprint density at radius 1 is 1.39 bits per heavy atom. The monoisotopic (exact) mass is 348 g/mol. The average Bonchev–Trinajstić information content (AvgIpc) is 2.90. The molecule has 0 fully saturated rings. The molecule has 23 heavy (non-hydrogen) atoms. The molecule has 0 spiro atoms. The third-order valence-corrected chi connectivity index (χ3v) is 3.17. The summed E-state index contributed by atoms with van der Waals surface area (Å²) in [5, 5.41) is 15.7. The minimum Gasteiger partial charge on any atom is -0.388 e. The van der Waals surface area contributed by atoms with Gasteiger partial charge in [-0.25, -0.2) is 0 Å². The fourth-order valence-corrected chi connectivity index (χ4v) is 2.05. The van der Waals surface area contributed by atoms with E-state index >= 15 is 0 Å². The Hall–Kier alpha value is -2.06. The van der Waals surface area contributed by atoms with Crippen molar-refractivity contribution in [1.82, 2.24) is 10.5 Å². The van der Waals surface area contributed by atoms with Gasteiger partial charge >= 0.3 is 6.18 Å². The predicted molar refractivity (Wildman–Crippen MR) is 76.0 cm³/mol. The number of hydrogen-bond donors (Lipinski definition) is 2. The summed E-state index contributed by atoms with van der Waals surface area (Å²) < 4.78 is 41.4. The van der Waals surface area contributed by atoms with Crippen LogP contribution in [0.25, 0.3) is 11.3 Å². The lowest BCUT2D eigenvalue weighted by Crippen LogP contribution is -2.34. The number of rotatable bonds is 4. The molecule has 1 heterocycles. The lowest BCUT2D eigenvalue weighted by Gasteiger charge is -2.09. The van der Waals surface area contributed by atoms with Crippen molar-refractivity contribution in [3.63, 3.8) is 0 Å². The van der Waals surface area contributed by atoms with Gasteiger partial charge in [-0.2, -0.15) is 13.2 Å². The second-order valence-corrected chi connectivity index (χ2v) is 5.19. The molecule has 0 aliphatic heterocycles. The van der Waals surface area contributed by atoms with Gasteiger partial charge in [-0.05, 0) is 19.1 Å². The van der Waals surface area contributed by atoms with E-state index in [0.29, 0.717) is 10.6 Å². The van der Waals surface area contributed by atoms with E-state index in [1.807, 2.05) is 0 Å². The SMILES string of the molecule is C[C@H](O)c1c(-c2ccc(Cl)cc2)noc1C(=O)NCC(F)(F)F. The first-order valence-corrected chi connectivity index (χ1v) is 6.85. The molecule has 1 atom stereocenters. The van der Waals surface area contributed by atoms with Crippen molar-refractivity contribution in [3.8, 4) is 11.3 Å². The van der Waals surface area contributed by atoms with Crippen LogP contribution in [0.2, 0.25) is 5.02 Å². The van der Waals surface area contributed by atoms with E-state index in [9.17, 15) is 23.1 Å². The summed E-state index contributed by atoms with van der Waals surface area (Å²) in [6, 6.07) is 6.31. The lowest BCUT2D eigenvalue weighted by molar-refractivity contribution is -0.123. The first-order chi connectivity index (χ1) is 10.7. The molecule has 0 bridgehead atoms. The van der Waals surface area contributed by atoms with Crippen LogP contribution in [-0.2, 0) is 0 Å². The molecular weight excluding hydrogens is 337 g/mol. The maximum Gasteiger partial charge on any atom is 0.405 e. The second-order valence-electron chi connectivity index (χ2n) is 4.75. The summed E-state index contributed by atoms with van der Waals surface area (Å²) >= 11 is 5.78. The molecule has 0 aliphatic rings. The molecule has 1 aromatic heterocycles. The lowest BCUT2D eigenvalue weighted by atomic mass is 10.0. The van der Waals surface area contributed by atoms with Crippen molar-refractivity contribution in [2.45, 2.75) is 19.2 Å². The number of nitrogens with one attached hydrogen (secondary N) is 1. The van der Waals surface area contributed by atoms with Gasteiger partial charge in [-0.15, -0.1) is 0 Å². The largest absolute Gasteiger partial charge is 0.405 e. The van der Waals surface area contributed by atoms with Gasteiger partial charge in [0.15, 0.2) is 0 Å². The van der Waals surface area contributed by atoms with Gasteiger partial charge in [0.1, 0.15) is 12.2 Å². The van der Waals surface area contributed by atoms with Crippen LogP contribution in [0.15, 0.2) is 28.8 Å². The zero-order chi connectivity index (χ0) is 17.2. The molecule has 0 saturated heterocycles. The third kappa shape index (κ3) is 4.23.